The van der Waals surface area contributed by atoms with Crippen LogP contribution < -0.4 is 5.32 Å². The fraction of sp³-hybridized carbons (Fsp3) is 0.714. The fourth-order valence-electron chi connectivity index (χ4n) is 1.81. The Morgan fingerprint density at radius 1 is 1.29 bits per heavy atom. The van der Waals surface area contributed by atoms with Crippen molar-refractivity contribution in [3.8, 4) is 0 Å². The molecule has 1 rings (SSSR count). The van der Waals surface area contributed by atoms with Gasteiger partial charge in [0, 0.05) is 22.9 Å². The first kappa shape index (κ1) is 14.7. The summed E-state index contributed by atoms with van der Waals surface area (Å²) in [6.45, 7) is 7.05. The van der Waals surface area contributed by atoms with Crippen LogP contribution in [-0.4, -0.2) is 13.7 Å². The third-order valence-electron chi connectivity index (χ3n) is 2.82. The first-order valence-electron chi connectivity index (χ1n) is 6.58. The molecule has 0 radical (unpaired) electrons. The van der Waals surface area contributed by atoms with Crippen LogP contribution in [0, 0.1) is 6.92 Å². The van der Waals surface area contributed by atoms with Gasteiger partial charge in [0.2, 0.25) is 0 Å². The third kappa shape index (κ3) is 5.66. The van der Waals surface area contributed by atoms with Crippen molar-refractivity contribution in [2.24, 2.45) is 0 Å². The predicted molar refractivity (Wildman–Crippen MR) is 75.6 cm³/mol. The summed E-state index contributed by atoms with van der Waals surface area (Å²) in [5, 5.41) is 3.18. The lowest BCUT2D eigenvalue weighted by Gasteiger charge is -2.03. The summed E-state index contributed by atoms with van der Waals surface area (Å²) in [5.74, 6) is 0. The number of thiophene rings is 1. The molecule has 0 aromatic carbocycles. The zero-order chi connectivity index (χ0) is 12.5. The summed E-state index contributed by atoms with van der Waals surface area (Å²) in [4.78, 5) is 2.79. The van der Waals surface area contributed by atoms with Crippen molar-refractivity contribution in [3.05, 3.63) is 21.4 Å². The molecule has 0 aliphatic carbocycles. The van der Waals surface area contributed by atoms with Gasteiger partial charge in [0.25, 0.3) is 0 Å². The van der Waals surface area contributed by atoms with E-state index in [1.165, 1.54) is 41.0 Å². The van der Waals surface area contributed by atoms with E-state index in [9.17, 15) is 0 Å². The number of ether oxygens (including phenoxy) is 1. The first-order chi connectivity index (χ1) is 8.27. The van der Waals surface area contributed by atoms with E-state index in [-0.39, 0.29) is 0 Å². The van der Waals surface area contributed by atoms with Crippen molar-refractivity contribution in [2.75, 3.05) is 13.7 Å². The van der Waals surface area contributed by atoms with E-state index in [1.54, 1.807) is 0 Å². The van der Waals surface area contributed by atoms with Crippen molar-refractivity contribution in [1.29, 1.82) is 0 Å². The smallest absolute Gasteiger partial charge is 0.0727 e. The van der Waals surface area contributed by atoms with Gasteiger partial charge < -0.3 is 10.1 Å². The minimum absolute atomic E-state index is 0.776. The summed E-state index contributed by atoms with van der Waals surface area (Å²) in [5.41, 5.74) is 1.36. The molecule has 0 saturated carbocycles. The summed E-state index contributed by atoms with van der Waals surface area (Å²) in [6, 6.07) is 2.27. The van der Waals surface area contributed by atoms with Gasteiger partial charge in [-0.2, -0.15) is 0 Å². The van der Waals surface area contributed by atoms with Gasteiger partial charge >= 0.3 is 0 Å². The van der Waals surface area contributed by atoms with E-state index in [2.05, 4.69) is 25.2 Å². The maximum absolute atomic E-state index is 5.72. The van der Waals surface area contributed by atoms with Gasteiger partial charge in [-0.05, 0) is 32.0 Å². The van der Waals surface area contributed by atoms with Crippen LogP contribution in [0.2, 0.25) is 0 Å². The predicted octanol–water partition coefficient (Wildman–Crippen LogP) is 3.87. The molecule has 0 saturated heterocycles. The molecule has 0 aliphatic heterocycles. The highest BCUT2D eigenvalue weighted by atomic mass is 32.1. The average Bonchev–Trinajstić information content (AvgIpc) is 2.65. The number of hydrogen-bond donors (Lipinski definition) is 1. The standard InChI is InChI=1S/C14H25NOS/c1-4-5-6-7-8-16-11-13-9-14(10-15-3)17-12(13)2/h9,15H,4-8,10-11H2,1-3H3. The second-order valence-corrected chi connectivity index (χ2v) is 5.78. The van der Waals surface area contributed by atoms with E-state index in [4.69, 9.17) is 4.74 Å². The molecule has 0 amide bonds. The van der Waals surface area contributed by atoms with Crippen LogP contribution >= 0.6 is 11.3 Å². The molecule has 0 unspecified atom stereocenters. The molecule has 1 aromatic rings. The molecule has 3 heteroatoms. The van der Waals surface area contributed by atoms with Crippen molar-refractivity contribution in [3.63, 3.8) is 0 Å². The van der Waals surface area contributed by atoms with Gasteiger partial charge in [0.05, 0.1) is 6.61 Å². The van der Waals surface area contributed by atoms with Crippen molar-refractivity contribution in [2.45, 2.75) is 52.7 Å². The van der Waals surface area contributed by atoms with E-state index >= 15 is 0 Å². The summed E-state index contributed by atoms with van der Waals surface area (Å²) in [7, 11) is 1.99. The molecule has 0 atom stereocenters. The van der Waals surface area contributed by atoms with Gasteiger partial charge in [-0.25, -0.2) is 0 Å². The Bertz CT molecular complexity index is 309. The van der Waals surface area contributed by atoms with Crippen LogP contribution in [0.1, 0.15) is 47.9 Å². The topological polar surface area (TPSA) is 21.3 Å². The maximum Gasteiger partial charge on any atom is 0.0727 e. The van der Waals surface area contributed by atoms with Crippen LogP contribution in [0.4, 0.5) is 0 Å². The Labute approximate surface area is 109 Å². The number of hydrogen-bond acceptors (Lipinski definition) is 3. The zero-order valence-electron chi connectivity index (χ0n) is 11.3. The van der Waals surface area contributed by atoms with Crippen molar-refractivity contribution >= 4 is 11.3 Å². The molecule has 2 nitrogen and oxygen atoms in total. The molecular formula is C14H25NOS. The Morgan fingerprint density at radius 3 is 2.82 bits per heavy atom. The summed E-state index contributed by atoms with van der Waals surface area (Å²) in [6.07, 6.45) is 5.11. The zero-order valence-corrected chi connectivity index (χ0v) is 12.2. The molecule has 17 heavy (non-hydrogen) atoms. The van der Waals surface area contributed by atoms with Crippen LogP contribution in [-0.2, 0) is 17.9 Å². The van der Waals surface area contributed by atoms with E-state index in [0.717, 1.165) is 19.8 Å². The van der Waals surface area contributed by atoms with Gasteiger partial charge in [0.15, 0.2) is 0 Å². The normalized spacial score (nSPS) is 11.0. The lowest BCUT2D eigenvalue weighted by Crippen LogP contribution is -2.02. The van der Waals surface area contributed by atoms with Crippen molar-refractivity contribution < 1.29 is 4.74 Å². The molecule has 1 N–H and O–H groups in total. The van der Waals surface area contributed by atoms with Crippen LogP contribution in [0.3, 0.4) is 0 Å². The highest BCUT2D eigenvalue weighted by Gasteiger charge is 2.04. The van der Waals surface area contributed by atoms with Gasteiger partial charge in [0.1, 0.15) is 0 Å². The summed E-state index contributed by atoms with van der Waals surface area (Å²) < 4.78 is 5.72. The Hall–Kier alpha value is -0.380. The highest BCUT2D eigenvalue weighted by Crippen LogP contribution is 2.22. The van der Waals surface area contributed by atoms with Crippen LogP contribution in [0.5, 0.6) is 0 Å². The van der Waals surface area contributed by atoms with E-state index < -0.39 is 0 Å². The molecule has 98 valence electrons. The molecular weight excluding hydrogens is 230 g/mol. The second kappa shape index (κ2) is 8.67. The first-order valence-corrected chi connectivity index (χ1v) is 7.40. The molecule has 0 spiro atoms. The SMILES string of the molecule is CCCCCCOCc1cc(CNC)sc1C. The third-order valence-corrected chi connectivity index (χ3v) is 3.92. The average molecular weight is 255 g/mol. The molecule has 1 heterocycles. The van der Waals surface area contributed by atoms with Gasteiger partial charge in [-0.3, -0.25) is 0 Å². The largest absolute Gasteiger partial charge is 0.377 e. The maximum atomic E-state index is 5.72. The highest BCUT2D eigenvalue weighted by molar-refractivity contribution is 7.12. The molecule has 0 fully saturated rings. The number of rotatable bonds is 9. The molecule has 0 bridgehead atoms. The van der Waals surface area contributed by atoms with Crippen LogP contribution in [0.15, 0.2) is 6.07 Å². The Kier molecular flexibility index (Phi) is 7.49. The molecule has 1 aromatic heterocycles. The second-order valence-electron chi connectivity index (χ2n) is 4.44. The van der Waals surface area contributed by atoms with Crippen molar-refractivity contribution in [1.82, 2.24) is 5.32 Å². The van der Waals surface area contributed by atoms with Gasteiger partial charge in [-0.1, -0.05) is 26.2 Å². The Morgan fingerprint density at radius 2 is 2.12 bits per heavy atom. The lowest BCUT2D eigenvalue weighted by molar-refractivity contribution is 0.116. The van der Waals surface area contributed by atoms with Crippen LogP contribution in [0.25, 0.3) is 0 Å². The minimum atomic E-state index is 0.776. The number of unbranched alkanes of at least 4 members (excludes halogenated alkanes) is 3. The lowest BCUT2D eigenvalue weighted by atomic mass is 10.2. The monoisotopic (exact) mass is 255 g/mol. The van der Waals surface area contributed by atoms with E-state index in [0.29, 0.717) is 0 Å². The Balaban J connectivity index is 2.21. The molecule has 0 aliphatic rings. The summed E-state index contributed by atoms with van der Waals surface area (Å²) >= 11 is 1.87. The minimum Gasteiger partial charge on any atom is -0.377 e. The quantitative estimate of drug-likeness (QED) is 0.676. The number of aryl methyl sites for hydroxylation is 1. The van der Waals surface area contributed by atoms with E-state index in [1.807, 2.05) is 18.4 Å². The number of nitrogens with one attached hydrogen (secondary N) is 1. The van der Waals surface area contributed by atoms with Gasteiger partial charge in [-0.15, -0.1) is 11.3 Å². The fourth-order valence-corrected chi connectivity index (χ4v) is 2.87.